The van der Waals surface area contributed by atoms with Crippen molar-refractivity contribution >= 4 is 29.6 Å². The Morgan fingerprint density at radius 2 is 2.14 bits per heavy atom. The molecule has 1 aromatic rings. The fraction of sp³-hybridized carbons (Fsp3) is 0.421. The number of aliphatic hydroxyl groups is 1. The Morgan fingerprint density at radius 1 is 1.38 bits per heavy atom. The van der Waals surface area contributed by atoms with Crippen molar-refractivity contribution < 1.29 is 24.2 Å². The van der Waals surface area contributed by atoms with Gasteiger partial charge in [0.15, 0.2) is 5.84 Å². The van der Waals surface area contributed by atoms with Crippen LogP contribution in [0.3, 0.4) is 0 Å². The van der Waals surface area contributed by atoms with Gasteiger partial charge in [-0.1, -0.05) is 30.3 Å². The molecule has 1 fully saturated rings. The van der Waals surface area contributed by atoms with Gasteiger partial charge in [-0.15, -0.1) is 0 Å². The molecular formula is C19H21N5O5. The number of amidine groups is 1. The number of benzene rings is 1. The van der Waals surface area contributed by atoms with Crippen LogP contribution in [0.2, 0.25) is 0 Å². The molecule has 0 spiro atoms. The molecule has 10 nitrogen and oxygen atoms in total. The lowest BCUT2D eigenvalue weighted by molar-refractivity contribution is -0.150. The molecule has 1 aromatic carbocycles. The van der Waals surface area contributed by atoms with Gasteiger partial charge in [0.1, 0.15) is 37.2 Å². The summed E-state index contributed by atoms with van der Waals surface area (Å²) in [4.78, 5) is 38.9. The van der Waals surface area contributed by atoms with E-state index in [2.05, 4.69) is 15.0 Å². The summed E-state index contributed by atoms with van der Waals surface area (Å²) in [6.07, 6.45) is -0.208. The molecule has 3 aliphatic heterocycles. The Balaban J connectivity index is 1.56. The molecule has 152 valence electrons. The molecule has 0 saturated carbocycles. The third kappa shape index (κ3) is 3.35. The second kappa shape index (κ2) is 7.47. The summed E-state index contributed by atoms with van der Waals surface area (Å²) in [6.45, 7) is 1.17. The van der Waals surface area contributed by atoms with Gasteiger partial charge < -0.3 is 19.5 Å². The third-order valence-corrected chi connectivity index (χ3v) is 5.08. The van der Waals surface area contributed by atoms with Gasteiger partial charge in [-0.3, -0.25) is 20.3 Å². The molecule has 4 rings (SSSR count). The van der Waals surface area contributed by atoms with E-state index in [-0.39, 0.29) is 24.8 Å². The monoisotopic (exact) mass is 399 g/mol. The fourth-order valence-corrected chi connectivity index (χ4v) is 3.68. The number of Topliss-reactive ketones (excluding diaryl/α,β-unsaturated/α-hetero) is 1. The van der Waals surface area contributed by atoms with Crippen LogP contribution in [-0.4, -0.2) is 77.0 Å². The Bertz CT molecular complexity index is 915. The highest BCUT2D eigenvalue weighted by Gasteiger charge is 2.50. The van der Waals surface area contributed by atoms with Crippen LogP contribution in [0.1, 0.15) is 23.7 Å². The third-order valence-electron chi connectivity index (χ3n) is 5.08. The van der Waals surface area contributed by atoms with Crippen molar-refractivity contribution in [2.45, 2.75) is 37.4 Å². The smallest absolute Gasteiger partial charge is 0.302 e. The zero-order valence-corrected chi connectivity index (χ0v) is 15.8. The van der Waals surface area contributed by atoms with Crippen LogP contribution in [0.4, 0.5) is 0 Å². The number of nitrogens with two attached hydrogens (primary N) is 1. The first-order valence-electron chi connectivity index (χ1n) is 9.19. The van der Waals surface area contributed by atoms with Gasteiger partial charge in [-0.2, -0.15) is 0 Å². The summed E-state index contributed by atoms with van der Waals surface area (Å²) in [6, 6.07) is 8.64. The first-order chi connectivity index (χ1) is 13.9. The maximum Gasteiger partial charge on any atom is 0.302 e. The van der Waals surface area contributed by atoms with Crippen molar-refractivity contribution in [3.8, 4) is 0 Å². The Labute approximate surface area is 166 Å². The number of nitrogens with zero attached hydrogens (tertiary/aromatic N) is 4. The lowest BCUT2D eigenvalue weighted by Crippen LogP contribution is -2.59. The minimum atomic E-state index is -1.68. The van der Waals surface area contributed by atoms with Crippen molar-refractivity contribution in [2.75, 3.05) is 13.3 Å². The van der Waals surface area contributed by atoms with Crippen LogP contribution in [0, 0.1) is 0 Å². The van der Waals surface area contributed by atoms with Crippen LogP contribution in [0.25, 0.3) is 0 Å². The number of ether oxygens (including phenoxy) is 2. The average molecular weight is 399 g/mol. The molecule has 0 amide bonds. The first-order valence-corrected chi connectivity index (χ1v) is 9.19. The van der Waals surface area contributed by atoms with Gasteiger partial charge in [-0.05, 0) is 0 Å². The van der Waals surface area contributed by atoms with Gasteiger partial charge in [0.05, 0.1) is 6.61 Å². The number of fused-ring (bicyclic) bond motifs is 1. The molecule has 3 heterocycles. The van der Waals surface area contributed by atoms with Crippen LogP contribution in [0.15, 0.2) is 45.3 Å². The number of carbonyl (C=O) groups excluding carboxylic acids is 2. The van der Waals surface area contributed by atoms with E-state index in [4.69, 9.17) is 15.2 Å². The molecule has 4 atom stereocenters. The SMILES string of the molecule is CC(=O)O[C@H]1C[C@H](N2CN=C3C2=NC=NC3(N)C(=O)c2ccccc2)O[C@@H]1CO. The first kappa shape index (κ1) is 19.4. The highest BCUT2D eigenvalue weighted by atomic mass is 16.6. The number of ketones is 1. The van der Waals surface area contributed by atoms with Crippen LogP contribution >= 0.6 is 0 Å². The number of carbonyl (C=O) groups is 2. The molecule has 0 bridgehead atoms. The zero-order chi connectivity index (χ0) is 20.6. The summed E-state index contributed by atoms with van der Waals surface area (Å²) in [5.41, 5.74) is 5.39. The minimum absolute atomic E-state index is 0.161. The quantitative estimate of drug-likeness (QED) is 0.513. The number of hydrogen-bond acceptors (Lipinski definition) is 10. The molecule has 0 aromatic heterocycles. The number of hydrogen-bond donors (Lipinski definition) is 2. The van der Waals surface area contributed by atoms with E-state index in [1.54, 1.807) is 35.2 Å². The largest absolute Gasteiger partial charge is 0.460 e. The summed E-state index contributed by atoms with van der Waals surface area (Å²) >= 11 is 0. The second-order valence-electron chi connectivity index (χ2n) is 6.97. The predicted octanol–water partition coefficient (Wildman–Crippen LogP) is -0.282. The summed E-state index contributed by atoms with van der Waals surface area (Å²) < 4.78 is 11.1. The number of rotatable bonds is 5. The van der Waals surface area contributed by atoms with E-state index in [0.29, 0.717) is 17.8 Å². The maximum absolute atomic E-state index is 13.0. The number of aliphatic hydroxyl groups excluding tert-OH is 1. The summed E-state index contributed by atoms with van der Waals surface area (Å²) in [5.74, 6) is -0.453. The molecule has 1 saturated heterocycles. The molecule has 0 radical (unpaired) electrons. The lowest BCUT2D eigenvalue weighted by atomic mass is 9.93. The maximum atomic E-state index is 13.0. The highest BCUT2D eigenvalue weighted by molar-refractivity contribution is 6.52. The summed E-state index contributed by atoms with van der Waals surface area (Å²) in [5, 5.41) is 9.54. The van der Waals surface area contributed by atoms with Crippen molar-refractivity contribution in [1.29, 1.82) is 0 Å². The van der Waals surface area contributed by atoms with Crippen LogP contribution in [0.5, 0.6) is 0 Å². The van der Waals surface area contributed by atoms with E-state index in [1.165, 1.54) is 13.3 Å². The van der Waals surface area contributed by atoms with Crippen molar-refractivity contribution in [3.63, 3.8) is 0 Å². The summed E-state index contributed by atoms with van der Waals surface area (Å²) in [7, 11) is 0. The van der Waals surface area contributed by atoms with Gasteiger partial charge in [0, 0.05) is 18.9 Å². The van der Waals surface area contributed by atoms with E-state index >= 15 is 0 Å². The van der Waals surface area contributed by atoms with Gasteiger partial charge in [0.2, 0.25) is 11.4 Å². The Kier molecular flexibility index (Phi) is 4.99. The molecule has 3 N–H and O–H groups in total. The van der Waals surface area contributed by atoms with E-state index in [9.17, 15) is 14.7 Å². The van der Waals surface area contributed by atoms with E-state index in [1.807, 2.05) is 0 Å². The molecule has 1 unspecified atom stereocenters. The molecule has 3 aliphatic rings. The highest BCUT2D eigenvalue weighted by Crippen LogP contribution is 2.30. The average Bonchev–Trinajstić information content (AvgIpc) is 3.32. The Hall–Kier alpha value is -2.95. The molecule has 0 aliphatic carbocycles. The zero-order valence-electron chi connectivity index (χ0n) is 15.8. The van der Waals surface area contributed by atoms with Crippen LogP contribution < -0.4 is 5.73 Å². The predicted molar refractivity (Wildman–Crippen MR) is 104 cm³/mol. The molecule has 10 heteroatoms. The van der Waals surface area contributed by atoms with E-state index < -0.39 is 30.1 Å². The Morgan fingerprint density at radius 3 is 2.83 bits per heavy atom. The number of esters is 1. The molecular weight excluding hydrogens is 378 g/mol. The normalized spacial score (nSPS) is 30.6. The van der Waals surface area contributed by atoms with Gasteiger partial charge in [-0.25, -0.2) is 9.98 Å². The van der Waals surface area contributed by atoms with Gasteiger partial charge in [0.25, 0.3) is 0 Å². The topological polar surface area (TPSA) is 139 Å². The van der Waals surface area contributed by atoms with E-state index in [0.717, 1.165) is 0 Å². The lowest BCUT2D eigenvalue weighted by Gasteiger charge is -2.30. The van der Waals surface area contributed by atoms with Crippen molar-refractivity contribution in [3.05, 3.63) is 35.9 Å². The molecule has 29 heavy (non-hydrogen) atoms. The van der Waals surface area contributed by atoms with Crippen molar-refractivity contribution in [1.82, 2.24) is 4.90 Å². The fourth-order valence-electron chi connectivity index (χ4n) is 3.68. The van der Waals surface area contributed by atoms with Gasteiger partial charge >= 0.3 is 5.97 Å². The number of aliphatic imine (C=N–C) groups is 3. The standard InChI is InChI=1S/C19H21N5O5/c1-11(26)28-13-7-15(29-14(13)8-25)24-10-22-16-18(24)21-9-23-19(16,20)17(27)12-5-3-2-4-6-12/h2-6,9,13-15,25H,7-8,10,20H2,1H3/t13-,14+,15+,19?/m0/s1. The van der Waals surface area contributed by atoms with Crippen molar-refractivity contribution in [2.24, 2.45) is 20.7 Å². The van der Waals surface area contributed by atoms with Crippen LogP contribution in [-0.2, 0) is 14.3 Å². The minimum Gasteiger partial charge on any atom is -0.460 e. The second-order valence-corrected chi connectivity index (χ2v) is 6.97.